The van der Waals surface area contributed by atoms with Gasteiger partial charge in [0.25, 0.3) is 15.9 Å². The molecule has 27 heavy (non-hydrogen) atoms. The first-order valence-electron chi connectivity index (χ1n) is 8.36. The van der Waals surface area contributed by atoms with E-state index in [1.807, 2.05) is 7.05 Å². The van der Waals surface area contributed by atoms with Crippen molar-refractivity contribution in [2.24, 2.45) is 0 Å². The highest BCUT2D eigenvalue weighted by molar-refractivity contribution is 7.90. The van der Waals surface area contributed by atoms with Crippen molar-refractivity contribution in [3.63, 3.8) is 0 Å². The standard InChI is InChI=1S/C18H21N3O5S/c1-21-9-10-26-12-15(21)13-6-7-16(25-2)17(11-13)27(23,24)20-18(22)14-5-3-4-8-19-14/h3-8,11,15H,9-10,12H2,1-2H3,(H,20,22). The summed E-state index contributed by atoms with van der Waals surface area (Å²) in [6.45, 7) is 1.84. The molecule has 0 saturated carbocycles. The Morgan fingerprint density at radius 2 is 2.15 bits per heavy atom. The first kappa shape index (κ1) is 19.3. The van der Waals surface area contributed by atoms with Crippen LogP contribution in [0.2, 0.25) is 0 Å². The quantitative estimate of drug-likeness (QED) is 0.818. The lowest BCUT2D eigenvalue weighted by Crippen LogP contribution is -2.36. The summed E-state index contributed by atoms with van der Waals surface area (Å²) in [6, 6.07) is 9.50. The molecule has 1 atom stereocenters. The average molecular weight is 391 g/mol. The van der Waals surface area contributed by atoms with E-state index in [1.165, 1.54) is 25.4 Å². The second kappa shape index (κ2) is 8.03. The van der Waals surface area contributed by atoms with Crippen molar-refractivity contribution in [3.05, 3.63) is 53.9 Å². The van der Waals surface area contributed by atoms with E-state index in [9.17, 15) is 13.2 Å². The summed E-state index contributed by atoms with van der Waals surface area (Å²) in [4.78, 5) is 18.1. The first-order valence-corrected chi connectivity index (χ1v) is 9.85. The normalized spacial score (nSPS) is 18.1. The molecule has 2 aromatic rings. The van der Waals surface area contributed by atoms with Gasteiger partial charge in [0.05, 0.1) is 26.4 Å². The van der Waals surface area contributed by atoms with Gasteiger partial charge in [0.2, 0.25) is 0 Å². The number of sulfonamides is 1. The molecule has 9 heteroatoms. The molecule has 1 saturated heterocycles. The third-order valence-corrected chi connectivity index (χ3v) is 5.73. The van der Waals surface area contributed by atoms with Crippen LogP contribution in [0.3, 0.4) is 0 Å². The molecule has 0 bridgehead atoms. The molecule has 1 aliphatic heterocycles. The molecule has 3 rings (SSSR count). The Hall–Kier alpha value is -2.49. The molecule has 1 unspecified atom stereocenters. The van der Waals surface area contributed by atoms with Crippen molar-refractivity contribution >= 4 is 15.9 Å². The van der Waals surface area contributed by atoms with E-state index < -0.39 is 15.9 Å². The molecule has 0 aliphatic carbocycles. The highest BCUT2D eigenvalue weighted by Gasteiger charge is 2.27. The average Bonchev–Trinajstić information content (AvgIpc) is 2.68. The molecule has 1 aliphatic rings. The number of nitrogens with one attached hydrogen (secondary N) is 1. The van der Waals surface area contributed by atoms with Crippen LogP contribution in [0.25, 0.3) is 0 Å². The van der Waals surface area contributed by atoms with E-state index in [0.29, 0.717) is 13.2 Å². The number of ether oxygens (including phenoxy) is 2. The Bertz CT molecular complexity index is 918. The Morgan fingerprint density at radius 3 is 2.81 bits per heavy atom. The van der Waals surface area contributed by atoms with E-state index >= 15 is 0 Å². The van der Waals surface area contributed by atoms with Gasteiger partial charge >= 0.3 is 0 Å². The minimum atomic E-state index is -4.15. The first-order chi connectivity index (χ1) is 12.9. The molecule has 0 radical (unpaired) electrons. The summed E-state index contributed by atoms with van der Waals surface area (Å²) in [5.74, 6) is -0.652. The van der Waals surface area contributed by atoms with Crippen molar-refractivity contribution < 1.29 is 22.7 Å². The van der Waals surface area contributed by atoms with Gasteiger partial charge < -0.3 is 9.47 Å². The zero-order valence-electron chi connectivity index (χ0n) is 15.1. The Balaban J connectivity index is 1.93. The molecule has 1 aromatic carbocycles. The summed E-state index contributed by atoms with van der Waals surface area (Å²) < 4.78 is 38.4. The second-order valence-electron chi connectivity index (χ2n) is 6.13. The largest absolute Gasteiger partial charge is 0.495 e. The molecule has 2 heterocycles. The SMILES string of the molecule is COc1ccc(C2COCCN2C)cc1S(=O)(=O)NC(=O)c1ccccn1. The lowest BCUT2D eigenvalue weighted by Gasteiger charge is -2.33. The van der Waals surface area contributed by atoms with Crippen LogP contribution in [0.5, 0.6) is 5.75 Å². The maximum atomic E-state index is 12.8. The fourth-order valence-electron chi connectivity index (χ4n) is 2.87. The molecular weight excluding hydrogens is 370 g/mol. The predicted molar refractivity (Wildman–Crippen MR) is 98.1 cm³/mol. The highest BCUT2D eigenvalue weighted by atomic mass is 32.2. The van der Waals surface area contributed by atoms with E-state index in [4.69, 9.17) is 9.47 Å². The van der Waals surface area contributed by atoms with Crippen molar-refractivity contribution in [1.29, 1.82) is 0 Å². The van der Waals surface area contributed by atoms with Crippen molar-refractivity contribution in [2.45, 2.75) is 10.9 Å². The van der Waals surface area contributed by atoms with Crippen molar-refractivity contribution in [2.75, 3.05) is 33.9 Å². The minimum absolute atomic E-state index is 0.0108. The number of benzene rings is 1. The maximum Gasteiger partial charge on any atom is 0.283 e. The number of nitrogens with zero attached hydrogens (tertiary/aromatic N) is 2. The highest BCUT2D eigenvalue weighted by Crippen LogP contribution is 2.30. The van der Waals surface area contributed by atoms with Crippen LogP contribution in [0.15, 0.2) is 47.5 Å². The number of likely N-dealkylation sites (N-methyl/N-ethyl adjacent to an activating group) is 1. The smallest absolute Gasteiger partial charge is 0.283 e. The predicted octanol–water partition coefficient (Wildman–Crippen LogP) is 1.21. The zero-order chi connectivity index (χ0) is 19.4. The van der Waals surface area contributed by atoms with E-state index in [0.717, 1.165) is 12.1 Å². The summed E-state index contributed by atoms with van der Waals surface area (Å²) in [5, 5.41) is 0. The number of hydrogen-bond donors (Lipinski definition) is 1. The summed E-state index contributed by atoms with van der Waals surface area (Å²) in [5.41, 5.74) is 0.778. The van der Waals surface area contributed by atoms with E-state index in [-0.39, 0.29) is 22.4 Å². The van der Waals surface area contributed by atoms with Crippen LogP contribution in [0.4, 0.5) is 0 Å². The number of rotatable bonds is 5. The number of carbonyl (C=O) groups is 1. The third-order valence-electron chi connectivity index (χ3n) is 4.38. The van der Waals surface area contributed by atoms with Gasteiger partial charge in [0, 0.05) is 12.7 Å². The van der Waals surface area contributed by atoms with Crippen molar-refractivity contribution in [1.82, 2.24) is 14.6 Å². The molecule has 1 amide bonds. The van der Waals surface area contributed by atoms with Gasteiger partial charge in [-0.05, 0) is 36.9 Å². The number of methoxy groups -OCH3 is 1. The molecule has 1 aromatic heterocycles. The zero-order valence-corrected chi connectivity index (χ0v) is 15.9. The number of morpholine rings is 1. The number of amides is 1. The topological polar surface area (TPSA) is 97.8 Å². The summed E-state index contributed by atoms with van der Waals surface area (Å²) >= 11 is 0. The van der Waals surface area contributed by atoms with Crippen LogP contribution in [0, 0.1) is 0 Å². The van der Waals surface area contributed by atoms with Crippen LogP contribution in [-0.4, -0.2) is 58.1 Å². The van der Waals surface area contributed by atoms with Crippen LogP contribution in [0.1, 0.15) is 22.1 Å². The number of carbonyl (C=O) groups excluding carboxylic acids is 1. The number of pyridine rings is 1. The molecule has 1 fully saturated rings. The number of hydrogen-bond acceptors (Lipinski definition) is 7. The second-order valence-corrected chi connectivity index (χ2v) is 7.78. The lowest BCUT2D eigenvalue weighted by atomic mass is 10.1. The Kier molecular flexibility index (Phi) is 5.73. The van der Waals surface area contributed by atoms with Gasteiger partial charge in [-0.3, -0.25) is 14.7 Å². The molecule has 8 nitrogen and oxygen atoms in total. The van der Waals surface area contributed by atoms with Crippen LogP contribution in [-0.2, 0) is 14.8 Å². The van der Waals surface area contributed by atoms with Crippen LogP contribution >= 0.6 is 0 Å². The summed E-state index contributed by atoms with van der Waals surface area (Å²) in [6.07, 6.45) is 1.42. The van der Waals surface area contributed by atoms with Gasteiger partial charge in [0.1, 0.15) is 16.3 Å². The fourth-order valence-corrected chi connectivity index (χ4v) is 4.04. The third kappa shape index (κ3) is 4.26. The fraction of sp³-hybridized carbons (Fsp3) is 0.333. The lowest BCUT2D eigenvalue weighted by molar-refractivity contribution is 0.00496. The monoisotopic (exact) mass is 391 g/mol. The Labute approximate surface area is 158 Å². The van der Waals surface area contributed by atoms with Gasteiger partial charge in [-0.1, -0.05) is 12.1 Å². The van der Waals surface area contributed by atoms with E-state index in [1.54, 1.807) is 24.3 Å². The van der Waals surface area contributed by atoms with Gasteiger partial charge in [-0.25, -0.2) is 13.1 Å². The van der Waals surface area contributed by atoms with Gasteiger partial charge in [-0.2, -0.15) is 0 Å². The molecular formula is C18H21N3O5S. The van der Waals surface area contributed by atoms with Gasteiger partial charge in [-0.15, -0.1) is 0 Å². The van der Waals surface area contributed by atoms with Gasteiger partial charge in [0.15, 0.2) is 0 Å². The maximum absolute atomic E-state index is 12.8. The molecule has 1 N–H and O–H groups in total. The summed E-state index contributed by atoms with van der Waals surface area (Å²) in [7, 11) is -0.821. The minimum Gasteiger partial charge on any atom is -0.495 e. The Morgan fingerprint density at radius 1 is 1.33 bits per heavy atom. The molecule has 0 spiro atoms. The van der Waals surface area contributed by atoms with Crippen LogP contribution < -0.4 is 9.46 Å². The number of aromatic nitrogens is 1. The van der Waals surface area contributed by atoms with Crippen molar-refractivity contribution in [3.8, 4) is 5.75 Å². The van der Waals surface area contributed by atoms with E-state index in [2.05, 4.69) is 14.6 Å². The molecule has 144 valence electrons.